The lowest BCUT2D eigenvalue weighted by molar-refractivity contribution is 0.0169. The number of nitrogens with zero attached hydrogens (tertiary/aromatic N) is 4. The molecule has 2 aromatic rings. The summed E-state index contributed by atoms with van der Waals surface area (Å²) in [6.07, 6.45) is 3.32. The first-order valence-corrected chi connectivity index (χ1v) is 9.10. The normalized spacial score (nSPS) is 18.8. The highest BCUT2D eigenvalue weighted by atomic mass is 127. The van der Waals surface area contributed by atoms with Gasteiger partial charge in [-0.3, -0.25) is 4.68 Å². The van der Waals surface area contributed by atoms with E-state index in [2.05, 4.69) is 32.7 Å². The van der Waals surface area contributed by atoms with Gasteiger partial charge in [0.25, 0.3) is 0 Å². The summed E-state index contributed by atoms with van der Waals surface area (Å²) in [4.78, 5) is 18.3. The standard InChI is InChI=1S/C16H22IN5O2/c1-16(2,3)24-15(23)21-8-4-5-10(9-21)22-11-6-7-19-14(18)12(11)13(17)20-22/h6-7,10H,4-5,8-9H2,1-3H3,(H2,18,19)/t10-/m1/s1. The minimum absolute atomic E-state index is 0.110. The molecule has 8 heteroatoms. The van der Waals surface area contributed by atoms with E-state index in [4.69, 9.17) is 10.5 Å². The monoisotopic (exact) mass is 443 g/mol. The van der Waals surface area contributed by atoms with Gasteiger partial charge >= 0.3 is 6.09 Å². The summed E-state index contributed by atoms with van der Waals surface area (Å²) in [7, 11) is 0. The van der Waals surface area contributed by atoms with Crippen molar-refractivity contribution in [3.05, 3.63) is 16.0 Å². The van der Waals surface area contributed by atoms with E-state index in [9.17, 15) is 4.79 Å². The Morgan fingerprint density at radius 3 is 2.92 bits per heavy atom. The summed E-state index contributed by atoms with van der Waals surface area (Å²) in [6.45, 7) is 6.94. The van der Waals surface area contributed by atoms with E-state index in [1.807, 2.05) is 31.5 Å². The molecule has 3 heterocycles. The third-order valence-corrected chi connectivity index (χ3v) is 4.76. The summed E-state index contributed by atoms with van der Waals surface area (Å²) < 4.78 is 8.31. The molecule has 130 valence electrons. The number of hydrogen-bond donors (Lipinski definition) is 1. The molecule has 0 spiro atoms. The quantitative estimate of drug-likeness (QED) is 0.685. The Hall–Kier alpha value is -1.58. The van der Waals surface area contributed by atoms with Gasteiger partial charge in [0.2, 0.25) is 0 Å². The Bertz CT molecular complexity index is 768. The van der Waals surface area contributed by atoms with E-state index in [1.54, 1.807) is 11.1 Å². The van der Waals surface area contributed by atoms with Crippen molar-refractivity contribution in [2.45, 2.75) is 45.3 Å². The Morgan fingerprint density at radius 1 is 1.46 bits per heavy atom. The number of piperidine rings is 1. The van der Waals surface area contributed by atoms with Gasteiger partial charge in [0.15, 0.2) is 0 Å². The second-order valence-corrected chi connectivity index (χ2v) is 8.07. The molecule has 2 N–H and O–H groups in total. The molecule has 0 saturated carbocycles. The van der Waals surface area contributed by atoms with Gasteiger partial charge < -0.3 is 15.4 Å². The molecule has 0 aromatic carbocycles. The topological polar surface area (TPSA) is 86.3 Å². The predicted octanol–water partition coefficient (Wildman–Crippen LogP) is 3.19. The lowest BCUT2D eigenvalue weighted by atomic mass is 10.1. The number of nitrogen functional groups attached to an aromatic ring is 1. The largest absolute Gasteiger partial charge is 0.444 e. The third kappa shape index (κ3) is 3.42. The molecule has 1 fully saturated rings. The van der Waals surface area contributed by atoms with E-state index >= 15 is 0 Å². The molecule has 0 radical (unpaired) electrons. The average Bonchev–Trinajstić information content (AvgIpc) is 2.84. The fourth-order valence-corrected chi connectivity index (χ4v) is 3.78. The number of hydrogen-bond acceptors (Lipinski definition) is 5. The minimum atomic E-state index is -0.488. The summed E-state index contributed by atoms with van der Waals surface area (Å²) in [5.74, 6) is 0.489. The zero-order chi connectivity index (χ0) is 17.5. The number of amides is 1. The Morgan fingerprint density at radius 2 is 2.21 bits per heavy atom. The number of halogens is 1. The van der Waals surface area contributed by atoms with Gasteiger partial charge in [0, 0.05) is 19.3 Å². The van der Waals surface area contributed by atoms with Crippen LogP contribution in [-0.4, -0.2) is 44.4 Å². The van der Waals surface area contributed by atoms with Crippen molar-refractivity contribution in [3.8, 4) is 0 Å². The number of fused-ring (bicyclic) bond motifs is 1. The fraction of sp³-hybridized carbons (Fsp3) is 0.562. The number of aromatic nitrogens is 3. The molecular weight excluding hydrogens is 421 g/mol. The number of carbonyl (C=O) groups excluding carboxylic acids is 1. The molecule has 1 saturated heterocycles. The lowest BCUT2D eigenvalue weighted by Gasteiger charge is -2.34. The zero-order valence-electron chi connectivity index (χ0n) is 14.1. The smallest absolute Gasteiger partial charge is 0.410 e. The fourth-order valence-electron chi connectivity index (χ4n) is 2.99. The SMILES string of the molecule is CC(C)(C)OC(=O)N1CCC[C@@H](n2nc(I)c3c(N)nccc32)C1. The second-order valence-electron chi connectivity index (χ2n) is 7.05. The third-order valence-electron chi connectivity index (χ3n) is 4.00. The van der Waals surface area contributed by atoms with Gasteiger partial charge in [0.05, 0.1) is 16.9 Å². The van der Waals surface area contributed by atoms with Crippen LogP contribution in [0.5, 0.6) is 0 Å². The lowest BCUT2D eigenvalue weighted by Crippen LogP contribution is -2.43. The maximum atomic E-state index is 12.4. The number of likely N-dealkylation sites (tertiary alicyclic amines) is 1. The van der Waals surface area contributed by atoms with Gasteiger partial charge in [-0.2, -0.15) is 5.10 Å². The molecule has 1 aliphatic rings. The Balaban J connectivity index is 1.86. The Labute approximate surface area is 154 Å². The van der Waals surface area contributed by atoms with Crippen molar-refractivity contribution in [3.63, 3.8) is 0 Å². The number of anilines is 1. The summed E-state index contributed by atoms with van der Waals surface area (Å²) in [5.41, 5.74) is 6.46. The summed E-state index contributed by atoms with van der Waals surface area (Å²) >= 11 is 2.18. The molecule has 24 heavy (non-hydrogen) atoms. The number of nitrogens with two attached hydrogens (primary N) is 1. The highest BCUT2D eigenvalue weighted by Gasteiger charge is 2.30. The molecule has 1 amide bonds. The number of ether oxygens (including phenoxy) is 1. The van der Waals surface area contributed by atoms with Crippen LogP contribution in [-0.2, 0) is 4.74 Å². The van der Waals surface area contributed by atoms with Crippen LogP contribution in [0.2, 0.25) is 0 Å². The first kappa shape index (κ1) is 17.2. The second kappa shape index (κ2) is 6.38. The average molecular weight is 443 g/mol. The number of pyridine rings is 1. The van der Waals surface area contributed by atoms with Crippen LogP contribution in [0.3, 0.4) is 0 Å². The van der Waals surface area contributed by atoms with Crippen molar-refractivity contribution in [1.29, 1.82) is 0 Å². The molecule has 0 bridgehead atoms. The number of carbonyl (C=O) groups is 1. The highest BCUT2D eigenvalue weighted by molar-refractivity contribution is 14.1. The maximum Gasteiger partial charge on any atom is 0.410 e. The van der Waals surface area contributed by atoms with Crippen molar-refractivity contribution < 1.29 is 9.53 Å². The van der Waals surface area contributed by atoms with Crippen LogP contribution in [0.25, 0.3) is 10.9 Å². The first-order valence-electron chi connectivity index (χ1n) is 8.02. The van der Waals surface area contributed by atoms with E-state index < -0.39 is 5.60 Å². The van der Waals surface area contributed by atoms with Crippen LogP contribution in [0.1, 0.15) is 39.7 Å². The van der Waals surface area contributed by atoms with Gasteiger partial charge in [-0.1, -0.05) is 0 Å². The molecule has 2 aromatic heterocycles. The molecule has 7 nitrogen and oxygen atoms in total. The number of rotatable bonds is 1. The summed E-state index contributed by atoms with van der Waals surface area (Å²) in [6, 6.07) is 2.03. The molecule has 0 unspecified atom stereocenters. The van der Waals surface area contributed by atoms with E-state index in [-0.39, 0.29) is 12.1 Å². The summed E-state index contributed by atoms with van der Waals surface area (Å²) in [5, 5.41) is 5.53. The van der Waals surface area contributed by atoms with Gasteiger partial charge in [0.1, 0.15) is 15.1 Å². The van der Waals surface area contributed by atoms with Gasteiger partial charge in [-0.15, -0.1) is 0 Å². The van der Waals surface area contributed by atoms with Crippen LogP contribution in [0.4, 0.5) is 10.6 Å². The van der Waals surface area contributed by atoms with E-state index in [1.165, 1.54) is 0 Å². The van der Waals surface area contributed by atoms with Crippen molar-refractivity contribution in [2.24, 2.45) is 0 Å². The molecule has 1 atom stereocenters. The zero-order valence-corrected chi connectivity index (χ0v) is 16.3. The van der Waals surface area contributed by atoms with Crippen molar-refractivity contribution >= 4 is 45.4 Å². The maximum absolute atomic E-state index is 12.4. The van der Waals surface area contributed by atoms with Gasteiger partial charge in [-0.25, -0.2) is 9.78 Å². The van der Waals surface area contributed by atoms with Crippen molar-refractivity contribution in [2.75, 3.05) is 18.8 Å². The van der Waals surface area contributed by atoms with Gasteiger partial charge in [-0.05, 0) is 62.3 Å². The van der Waals surface area contributed by atoms with Crippen LogP contribution in [0, 0.1) is 3.70 Å². The van der Waals surface area contributed by atoms with Crippen LogP contribution >= 0.6 is 22.6 Å². The molecule has 1 aliphatic heterocycles. The van der Waals surface area contributed by atoms with E-state index in [0.29, 0.717) is 18.9 Å². The van der Waals surface area contributed by atoms with E-state index in [0.717, 1.165) is 27.4 Å². The predicted molar refractivity (Wildman–Crippen MR) is 101 cm³/mol. The van der Waals surface area contributed by atoms with Crippen LogP contribution in [0.15, 0.2) is 12.3 Å². The first-order chi connectivity index (χ1) is 11.3. The molecule has 0 aliphatic carbocycles. The minimum Gasteiger partial charge on any atom is -0.444 e. The highest BCUT2D eigenvalue weighted by Crippen LogP contribution is 2.30. The Kier molecular flexibility index (Phi) is 4.58. The van der Waals surface area contributed by atoms with Crippen molar-refractivity contribution in [1.82, 2.24) is 19.7 Å². The molecule has 3 rings (SSSR count). The molecular formula is C16H22IN5O2. The van der Waals surface area contributed by atoms with Crippen LogP contribution < -0.4 is 5.73 Å².